The molecular weight excluding hydrogens is 342 g/mol. The van der Waals surface area contributed by atoms with Crippen molar-refractivity contribution in [3.63, 3.8) is 0 Å². The predicted molar refractivity (Wildman–Crippen MR) is 103 cm³/mol. The average Bonchev–Trinajstić information content (AvgIpc) is 3.27. The summed E-state index contributed by atoms with van der Waals surface area (Å²) < 4.78 is 2.04. The third-order valence-corrected chi connectivity index (χ3v) is 5.84. The van der Waals surface area contributed by atoms with Gasteiger partial charge < -0.3 is 19.3 Å². The number of aromatic nitrogens is 4. The Kier molecular flexibility index (Phi) is 4.59. The quantitative estimate of drug-likeness (QED) is 0.805. The molecule has 2 aromatic heterocycles. The largest absolute Gasteiger partial charge is 0.355 e. The lowest BCUT2D eigenvalue weighted by molar-refractivity contribution is 0.0507. The Morgan fingerprint density at radius 2 is 1.96 bits per heavy atom. The van der Waals surface area contributed by atoms with Gasteiger partial charge in [-0.25, -0.2) is 15.0 Å². The van der Waals surface area contributed by atoms with E-state index in [9.17, 15) is 4.79 Å². The van der Waals surface area contributed by atoms with Crippen molar-refractivity contribution in [1.29, 1.82) is 0 Å². The van der Waals surface area contributed by atoms with Crippen molar-refractivity contribution in [2.24, 2.45) is 0 Å². The fraction of sp³-hybridized carbons (Fsp3) is 0.579. The smallest absolute Gasteiger partial charge is 0.291 e. The first-order valence-corrected chi connectivity index (χ1v) is 9.47. The van der Waals surface area contributed by atoms with Crippen LogP contribution in [-0.2, 0) is 0 Å². The molecule has 0 aromatic carbocycles. The summed E-state index contributed by atoms with van der Waals surface area (Å²) in [6, 6.07) is 0.812. The summed E-state index contributed by atoms with van der Waals surface area (Å²) >= 11 is 0. The van der Waals surface area contributed by atoms with E-state index in [-0.39, 0.29) is 5.91 Å². The third kappa shape index (κ3) is 3.29. The van der Waals surface area contributed by atoms with E-state index in [4.69, 9.17) is 0 Å². The van der Waals surface area contributed by atoms with Gasteiger partial charge in [0.15, 0.2) is 0 Å². The minimum Gasteiger partial charge on any atom is -0.355 e. The first kappa shape index (κ1) is 17.9. The van der Waals surface area contributed by atoms with E-state index in [1.807, 2.05) is 29.5 Å². The normalized spacial score (nSPS) is 20.4. The molecule has 0 bridgehead atoms. The van der Waals surface area contributed by atoms with Crippen LogP contribution in [0, 0.1) is 13.8 Å². The highest BCUT2D eigenvalue weighted by molar-refractivity contribution is 5.91. The van der Waals surface area contributed by atoms with Crippen LogP contribution in [0.25, 0.3) is 0 Å². The Morgan fingerprint density at radius 3 is 2.59 bits per heavy atom. The molecule has 4 heterocycles. The molecule has 1 amide bonds. The number of anilines is 1. The van der Waals surface area contributed by atoms with Gasteiger partial charge in [0.1, 0.15) is 5.82 Å². The fourth-order valence-corrected chi connectivity index (χ4v) is 3.81. The van der Waals surface area contributed by atoms with E-state index in [2.05, 4.69) is 38.8 Å². The number of amides is 1. The first-order valence-electron chi connectivity index (χ1n) is 9.47. The summed E-state index contributed by atoms with van der Waals surface area (Å²) in [6.45, 7) is 7.24. The maximum absolute atomic E-state index is 12.9. The SMILES string of the molecule is Cc1nc(C(=O)N2CC(n3ccnc3)C2)nc(N2CC[C@@H](N(C)C)C2)c1C. The van der Waals surface area contributed by atoms with Gasteiger partial charge in [0.2, 0.25) is 5.82 Å². The Morgan fingerprint density at radius 1 is 1.19 bits per heavy atom. The van der Waals surface area contributed by atoms with Crippen molar-refractivity contribution >= 4 is 11.7 Å². The number of imidazole rings is 1. The van der Waals surface area contributed by atoms with E-state index < -0.39 is 0 Å². The van der Waals surface area contributed by atoms with Gasteiger partial charge in [-0.15, -0.1) is 0 Å². The molecule has 4 rings (SSSR count). The third-order valence-electron chi connectivity index (χ3n) is 5.84. The predicted octanol–water partition coefficient (Wildman–Crippen LogP) is 1.13. The van der Waals surface area contributed by atoms with E-state index in [0.29, 0.717) is 31.0 Å². The van der Waals surface area contributed by atoms with Crippen molar-refractivity contribution < 1.29 is 4.79 Å². The van der Waals surface area contributed by atoms with Crippen LogP contribution in [0.5, 0.6) is 0 Å². The molecule has 0 aliphatic carbocycles. The van der Waals surface area contributed by atoms with Crippen LogP contribution in [0.1, 0.15) is 34.3 Å². The van der Waals surface area contributed by atoms with Crippen LogP contribution in [-0.4, -0.2) is 81.5 Å². The maximum atomic E-state index is 12.9. The monoisotopic (exact) mass is 369 g/mol. The van der Waals surface area contributed by atoms with E-state index in [1.165, 1.54) is 0 Å². The van der Waals surface area contributed by atoms with Crippen molar-refractivity contribution in [3.05, 3.63) is 35.8 Å². The number of carbonyl (C=O) groups excluding carboxylic acids is 1. The Hall–Kier alpha value is -2.48. The number of rotatable bonds is 4. The number of hydrogen-bond acceptors (Lipinski definition) is 6. The van der Waals surface area contributed by atoms with Crippen LogP contribution in [0.2, 0.25) is 0 Å². The Bertz CT molecular complexity index is 827. The van der Waals surface area contributed by atoms with Crippen molar-refractivity contribution in [1.82, 2.24) is 29.3 Å². The van der Waals surface area contributed by atoms with Crippen LogP contribution in [0.3, 0.4) is 0 Å². The number of nitrogens with zero attached hydrogens (tertiary/aromatic N) is 7. The molecule has 0 saturated carbocycles. The van der Waals surface area contributed by atoms with Gasteiger partial charge in [-0.3, -0.25) is 4.79 Å². The van der Waals surface area contributed by atoms with Crippen molar-refractivity contribution in [2.45, 2.75) is 32.4 Å². The molecule has 2 fully saturated rings. The van der Waals surface area contributed by atoms with Gasteiger partial charge in [-0.1, -0.05) is 0 Å². The number of aryl methyl sites for hydroxylation is 1. The molecule has 1 atom stereocenters. The Balaban J connectivity index is 1.50. The van der Waals surface area contributed by atoms with Gasteiger partial charge in [-0.2, -0.15) is 0 Å². The van der Waals surface area contributed by atoms with Crippen LogP contribution < -0.4 is 4.90 Å². The second-order valence-corrected chi connectivity index (χ2v) is 7.81. The van der Waals surface area contributed by atoms with Gasteiger partial charge in [0, 0.05) is 55.9 Å². The highest BCUT2D eigenvalue weighted by Crippen LogP contribution is 2.27. The minimum absolute atomic E-state index is 0.0842. The highest BCUT2D eigenvalue weighted by Gasteiger charge is 2.34. The molecule has 0 unspecified atom stereocenters. The molecule has 27 heavy (non-hydrogen) atoms. The van der Waals surface area contributed by atoms with E-state index in [0.717, 1.165) is 36.6 Å². The molecule has 0 radical (unpaired) electrons. The zero-order valence-electron chi connectivity index (χ0n) is 16.5. The van der Waals surface area contributed by atoms with Gasteiger partial charge in [0.25, 0.3) is 5.91 Å². The fourth-order valence-electron chi connectivity index (χ4n) is 3.81. The summed E-state index contributed by atoms with van der Waals surface area (Å²) in [5.41, 5.74) is 1.94. The maximum Gasteiger partial charge on any atom is 0.291 e. The van der Waals surface area contributed by atoms with Crippen LogP contribution >= 0.6 is 0 Å². The Labute approximate surface area is 159 Å². The summed E-state index contributed by atoms with van der Waals surface area (Å²) in [6.07, 6.45) is 6.61. The zero-order valence-corrected chi connectivity index (χ0v) is 16.5. The first-order chi connectivity index (χ1) is 12.9. The summed E-state index contributed by atoms with van der Waals surface area (Å²) in [4.78, 5) is 32.5. The van der Waals surface area contributed by atoms with Crippen LogP contribution in [0.15, 0.2) is 18.7 Å². The standard InChI is InChI=1S/C19H27N7O/c1-13-14(2)21-17(22-18(13)24-7-5-15(9-24)23(3)4)19(27)26-10-16(11-26)25-8-6-20-12-25/h6,8,12,15-16H,5,7,9-11H2,1-4H3/t15-/m1/s1. The van der Waals surface area contributed by atoms with Gasteiger partial charge in [0.05, 0.1) is 12.4 Å². The van der Waals surface area contributed by atoms with Crippen molar-refractivity contribution in [3.8, 4) is 0 Å². The highest BCUT2D eigenvalue weighted by atomic mass is 16.2. The lowest BCUT2D eigenvalue weighted by atomic mass is 10.1. The molecule has 8 nitrogen and oxygen atoms in total. The number of hydrogen-bond donors (Lipinski definition) is 0. The summed E-state index contributed by atoms with van der Waals surface area (Å²) in [7, 11) is 4.23. The molecule has 144 valence electrons. The lowest BCUT2D eigenvalue weighted by Crippen LogP contribution is -2.51. The number of likely N-dealkylation sites (N-methyl/N-ethyl adjacent to an activating group) is 1. The number of likely N-dealkylation sites (tertiary alicyclic amines) is 1. The average molecular weight is 369 g/mol. The van der Waals surface area contributed by atoms with E-state index >= 15 is 0 Å². The molecule has 2 aromatic rings. The molecule has 0 spiro atoms. The van der Waals surface area contributed by atoms with Crippen LogP contribution in [0.4, 0.5) is 5.82 Å². The second-order valence-electron chi connectivity index (χ2n) is 7.81. The minimum atomic E-state index is -0.0842. The molecule has 2 aliphatic rings. The van der Waals surface area contributed by atoms with Gasteiger partial charge >= 0.3 is 0 Å². The molecule has 2 aliphatic heterocycles. The molecule has 2 saturated heterocycles. The summed E-state index contributed by atoms with van der Waals surface area (Å²) in [5.74, 6) is 1.13. The summed E-state index contributed by atoms with van der Waals surface area (Å²) in [5, 5.41) is 0. The zero-order chi connectivity index (χ0) is 19.1. The van der Waals surface area contributed by atoms with E-state index in [1.54, 1.807) is 12.5 Å². The van der Waals surface area contributed by atoms with Crippen molar-refractivity contribution in [2.75, 3.05) is 45.2 Å². The molecule has 8 heteroatoms. The lowest BCUT2D eigenvalue weighted by Gasteiger charge is -2.39. The second kappa shape index (κ2) is 6.92. The van der Waals surface area contributed by atoms with Gasteiger partial charge in [-0.05, 0) is 34.4 Å². The molecular formula is C19H27N7O. The topological polar surface area (TPSA) is 70.4 Å². The number of carbonyl (C=O) groups is 1. The molecule has 0 N–H and O–H groups in total.